The van der Waals surface area contributed by atoms with Gasteiger partial charge in [0.15, 0.2) is 8.07 Å². The van der Waals surface area contributed by atoms with Crippen LogP contribution < -0.4 is 25.4 Å². The zero-order valence-electron chi connectivity index (χ0n) is 42.1. The Bertz CT molecular complexity index is 3880. The van der Waals surface area contributed by atoms with Crippen LogP contribution in [0.15, 0.2) is 288 Å². The van der Waals surface area contributed by atoms with Crippen LogP contribution in [0.25, 0.3) is 44.5 Å². The van der Waals surface area contributed by atoms with Crippen LogP contribution in [0.3, 0.4) is 0 Å². The van der Waals surface area contributed by atoms with E-state index < -0.39 is 8.07 Å². The molecule has 0 saturated carbocycles. The molecule has 16 rings (SSSR count). The minimum absolute atomic E-state index is 0.0479. The van der Waals surface area contributed by atoms with Crippen LogP contribution in [0.1, 0.15) is 0 Å². The van der Waals surface area contributed by atoms with Gasteiger partial charge in [0, 0.05) is 11.9 Å². The van der Waals surface area contributed by atoms with Crippen LogP contribution >= 0.6 is 0 Å². The zero-order valence-corrected chi connectivity index (χ0v) is 43.1. The molecule has 8 nitrogen and oxygen atoms in total. The summed E-state index contributed by atoms with van der Waals surface area (Å²) in [6.45, 7) is -0.257. The third kappa shape index (κ3) is 6.56. The fourth-order valence-corrected chi connectivity index (χ4v) is 18.5. The standard InChI is InChI=1S/C64H48B4N8Si/c1-3-20-48(21-4-1)77(49-22-5-2-6-23-49,51-36-39-67-71-41-17-15-37-65(71)73-43-19-40-69-68(73)72-42-18-16-38-66(72)74(67)46-51)50-33-35-57-52-24-7-9-26-54(52)58-44-47(32-34-56(58)53-25-8-10-27-55(53)59(57)45-50)75-62-30-13-14-31-63(62)76-61-29-12-11-28-60(61)70-64(75)76/h1-46,60-61H. The highest BCUT2D eigenvalue weighted by Gasteiger charge is 2.53. The largest absolute Gasteiger partial charge is 0.500 e. The smallest absolute Gasteiger partial charge is 0.423 e. The minimum atomic E-state index is -3.17. The maximum atomic E-state index is 5.38. The monoisotopic (exact) mass is 1000 g/mol. The molecular weight excluding hydrogens is 952 g/mol. The van der Waals surface area contributed by atoms with Crippen molar-refractivity contribution in [3.63, 3.8) is 0 Å². The Morgan fingerprint density at radius 2 is 0.987 bits per heavy atom. The summed E-state index contributed by atoms with van der Waals surface area (Å²) in [6.07, 6.45) is 33.1. The normalized spacial score (nSPS) is 19.4. The molecular formula is C64H48B4N8Si. The quantitative estimate of drug-likeness (QED) is 0.126. The lowest BCUT2D eigenvalue weighted by Gasteiger charge is -2.53. The van der Waals surface area contributed by atoms with Crippen LogP contribution in [0.5, 0.6) is 0 Å². The topological polar surface area (TPSA) is 44.2 Å². The first kappa shape index (κ1) is 44.1. The van der Waals surface area contributed by atoms with Crippen molar-refractivity contribution in [1.82, 2.24) is 18.9 Å². The number of para-hydroxylation sites is 2. The van der Waals surface area contributed by atoms with Crippen LogP contribution in [-0.2, 0) is 0 Å². The van der Waals surface area contributed by atoms with E-state index in [1.165, 1.54) is 71.0 Å². The molecule has 2 aliphatic carbocycles. The maximum absolute atomic E-state index is 5.38. The van der Waals surface area contributed by atoms with Gasteiger partial charge in [-0.3, -0.25) is 4.90 Å². The van der Waals surface area contributed by atoms with E-state index in [1.54, 1.807) is 0 Å². The average Bonchev–Trinajstić information content (AvgIpc) is 4.14. The molecule has 0 radical (unpaired) electrons. The van der Waals surface area contributed by atoms with Crippen LogP contribution in [0.2, 0.25) is 0 Å². The summed E-state index contributed by atoms with van der Waals surface area (Å²) in [4.78, 5) is 15.3. The summed E-state index contributed by atoms with van der Waals surface area (Å²) >= 11 is 0. The number of benzene rings is 7. The van der Waals surface area contributed by atoms with Crippen molar-refractivity contribution in [3.05, 3.63) is 279 Å². The van der Waals surface area contributed by atoms with Gasteiger partial charge in [0.2, 0.25) is 5.96 Å². The van der Waals surface area contributed by atoms with Gasteiger partial charge in [0.25, 0.3) is 0 Å². The summed E-state index contributed by atoms with van der Waals surface area (Å²) in [5.74, 6) is 8.04. The molecule has 0 aromatic heterocycles. The van der Waals surface area contributed by atoms with E-state index in [0.717, 1.165) is 17.3 Å². The van der Waals surface area contributed by atoms with Crippen molar-refractivity contribution in [1.29, 1.82) is 0 Å². The Morgan fingerprint density at radius 3 is 1.70 bits per heavy atom. The molecule has 0 bridgehead atoms. The Kier molecular flexibility index (Phi) is 10.00. The van der Waals surface area contributed by atoms with Gasteiger partial charge >= 0.3 is 28.1 Å². The number of nitrogens with zero attached hydrogens (tertiary/aromatic N) is 8. The lowest BCUT2D eigenvalue weighted by atomic mass is 9.44. The highest BCUT2D eigenvalue weighted by Crippen LogP contribution is 2.52. The number of allylic oxidation sites excluding steroid dienone is 9. The van der Waals surface area contributed by atoms with Crippen molar-refractivity contribution in [2.45, 2.75) is 12.1 Å². The van der Waals surface area contributed by atoms with Gasteiger partial charge in [-0.05, 0) is 133 Å². The first-order chi connectivity index (χ1) is 38.2. The number of aliphatic imine (C=N–C) groups is 1. The molecule has 0 amide bonds. The predicted molar refractivity (Wildman–Crippen MR) is 325 cm³/mol. The first-order valence-electron chi connectivity index (χ1n) is 26.8. The zero-order chi connectivity index (χ0) is 50.6. The van der Waals surface area contributed by atoms with Crippen LogP contribution in [0, 0.1) is 0 Å². The molecule has 2 atom stereocenters. The third-order valence-corrected chi connectivity index (χ3v) is 21.7. The fraction of sp³-hybridized carbons (Fsp3) is 0.0312. The van der Waals surface area contributed by atoms with E-state index >= 15 is 0 Å². The molecule has 77 heavy (non-hydrogen) atoms. The average molecular weight is 1000 g/mol. The summed E-state index contributed by atoms with van der Waals surface area (Å²) in [5.41, 5.74) is 13.1. The Morgan fingerprint density at radius 1 is 0.429 bits per heavy atom. The van der Waals surface area contributed by atoms with Gasteiger partial charge in [-0.15, -0.1) is 0 Å². The van der Waals surface area contributed by atoms with E-state index in [2.05, 4.69) is 302 Å². The number of guanidine groups is 1. The van der Waals surface area contributed by atoms with E-state index in [0.29, 0.717) is 0 Å². The molecule has 7 heterocycles. The molecule has 7 aromatic carbocycles. The number of anilines is 3. The molecule has 360 valence electrons. The second-order valence-electron chi connectivity index (χ2n) is 20.8. The van der Waals surface area contributed by atoms with Crippen LogP contribution in [-0.4, -0.2) is 79.3 Å². The first-order valence-corrected chi connectivity index (χ1v) is 28.8. The summed E-state index contributed by atoms with van der Waals surface area (Å²) < 4.78 is 9.82. The van der Waals surface area contributed by atoms with Crippen molar-refractivity contribution in [3.8, 4) is 44.5 Å². The van der Waals surface area contributed by atoms with E-state index in [9.17, 15) is 0 Å². The van der Waals surface area contributed by atoms with Gasteiger partial charge < -0.3 is 28.7 Å². The van der Waals surface area contributed by atoms with Gasteiger partial charge in [-0.1, -0.05) is 206 Å². The van der Waals surface area contributed by atoms with Crippen molar-refractivity contribution in [2.24, 2.45) is 9.90 Å². The number of hydrogen-bond donors (Lipinski definition) is 0. The third-order valence-electron chi connectivity index (χ3n) is 17.0. The van der Waals surface area contributed by atoms with Gasteiger partial charge in [0.05, 0.1) is 23.5 Å². The van der Waals surface area contributed by atoms with Gasteiger partial charge in [0.1, 0.15) is 0 Å². The summed E-state index contributed by atoms with van der Waals surface area (Å²) in [6, 6.07) is 64.4. The molecule has 1 fully saturated rings. The Hall–Kier alpha value is -9.18. The van der Waals surface area contributed by atoms with Gasteiger partial charge in [-0.2, -0.15) is 0 Å². The molecule has 9 aliphatic rings. The van der Waals surface area contributed by atoms with Crippen molar-refractivity contribution >= 4 is 80.9 Å². The second-order valence-corrected chi connectivity index (χ2v) is 24.7. The Balaban J connectivity index is 0.892. The van der Waals surface area contributed by atoms with Crippen LogP contribution in [0.4, 0.5) is 17.1 Å². The molecule has 1 saturated heterocycles. The number of rotatable bonds is 5. The van der Waals surface area contributed by atoms with Crippen molar-refractivity contribution < 1.29 is 0 Å². The number of hydrogen-bond acceptors (Lipinski definition) is 8. The van der Waals surface area contributed by atoms with Gasteiger partial charge in [-0.25, -0.2) is 4.99 Å². The highest BCUT2D eigenvalue weighted by atomic mass is 28.3. The molecule has 7 aliphatic heterocycles. The lowest BCUT2D eigenvalue weighted by Crippen LogP contribution is -2.74. The molecule has 0 N–H and O–H groups in total. The minimum Gasteiger partial charge on any atom is -0.423 e. The predicted octanol–water partition coefficient (Wildman–Crippen LogP) is 10.4. The summed E-state index contributed by atoms with van der Waals surface area (Å²) in [5, 5.41) is 5.28. The molecule has 7 aromatic rings. The highest BCUT2D eigenvalue weighted by molar-refractivity contribution is 7.16. The van der Waals surface area contributed by atoms with E-state index in [-0.39, 0.29) is 40.1 Å². The summed E-state index contributed by atoms with van der Waals surface area (Å²) in [7, 11) is -3.40. The molecule has 13 heteroatoms. The van der Waals surface area contributed by atoms with Crippen molar-refractivity contribution in [2.75, 3.05) is 9.80 Å². The fourth-order valence-electron chi connectivity index (χ4n) is 13.7. The van der Waals surface area contributed by atoms with E-state index in [1.807, 2.05) is 6.21 Å². The molecule has 2 unspecified atom stereocenters. The Labute approximate surface area is 452 Å². The molecule has 0 spiro atoms. The lowest BCUT2D eigenvalue weighted by molar-refractivity contribution is 0.614. The second kappa shape index (κ2) is 17.4. The number of fused-ring (bicyclic) bond motifs is 21. The SMILES string of the molecule is C1=CB2N(C=C1)B1C=CC([Si](c3ccccc3)(c3ccccc3)c3ccc4c(c3)-c3ccccc3-c3ccc(N5C6=NC7C=CC=CC7N6c6ccccc65)cc3-c3ccccc3-4)=CN1B1C=CC=CN1B1N=CC=CN21. The maximum Gasteiger partial charge on any atom is 0.500 e. The van der Waals surface area contributed by atoms with E-state index in [4.69, 9.17) is 9.90 Å².